The molecule has 0 amide bonds. The fourth-order valence-corrected chi connectivity index (χ4v) is 3.17. The third-order valence-corrected chi connectivity index (χ3v) is 4.66. The van der Waals surface area contributed by atoms with Crippen LogP contribution in [0.4, 0.5) is 5.13 Å². The average Bonchev–Trinajstić information content (AvgIpc) is 3.15. The van der Waals surface area contributed by atoms with Crippen LogP contribution in [0.15, 0.2) is 34.9 Å². The van der Waals surface area contributed by atoms with E-state index in [1.165, 1.54) is 0 Å². The molecule has 10 heteroatoms. The minimum atomic E-state index is 0. The number of thiazole rings is 1. The Morgan fingerprint density at radius 1 is 1.28 bits per heavy atom. The molecule has 1 aliphatic rings. The first-order valence-electron chi connectivity index (χ1n) is 7.66. The van der Waals surface area contributed by atoms with E-state index in [2.05, 4.69) is 24.8 Å². The SMILES string of the molecule is I.NC(=NCCOc1ccc(Cl)cn1)N1CCN(c2nccs2)CC1. The molecule has 0 spiro atoms. The summed E-state index contributed by atoms with van der Waals surface area (Å²) in [6.45, 7) is 4.39. The Kier molecular flexibility index (Phi) is 7.97. The summed E-state index contributed by atoms with van der Waals surface area (Å²) < 4.78 is 5.50. The number of aromatic nitrogens is 2. The molecule has 0 unspecified atom stereocenters. The number of nitrogens with zero attached hydrogens (tertiary/aromatic N) is 5. The zero-order chi connectivity index (χ0) is 16.8. The monoisotopic (exact) mass is 494 g/mol. The fraction of sp³-hybridized carbons (Fsp3) is 0.400. The highest BCUT2D eigenvalue weighted by molar-refractivity contribution is 14.0. The second-order valence-corrected chi connectivity index (χ2v) is 6.50. The van der Waals surface area contributed by atoms with Gasteiger partial charge in [-0.3, -0.25) is 0 Å². The van der Waals surface area contributed by atoms with Crippen molar-refractivity contribution in [1.29, 1.82) is 0 Å². The molecule has 3 heterocycles. The Bertz CT molecular complexity index is 661. The number of nitrogens with two attached hydrogens (primary N) is 1. The Balaban J connectivity index is 0.00000225. The molecule has 2 aromatic heterocycles. The molecule has 2 N–H and O–H groups in total. The van der Waals surface area contributed by atoms with Gasteiger partial charge in [-0.2, -0.15) is 0 Å². The van der Waals surface area contributed by atoms with Crippen molar-refractivity contribution in [2.24, 2.45) is 10.7 Å². The van der Waals surface area contributed by atoms with Crippen LogP contribution < -0.4 is 15.4 Å². The highest BCUT2D eigenvalue weighted by Gasteiger charge is 2.19. The van der Waals surface area contributed by atoms with Crippen LogP contribution in [0, 0.1) is 0 Å². The fourth-order valence-electron chi connectivity index (χ4n) is 2.36. The summed E-state index contributed by atoms with van der Waals surface area (Å²) in [4.78, 5) is 17.1. The van der Waals surface area contributed by atoms with Gasteiger partial charge < -0.3 is 20.3 Å². The topological polar surface area (TPSA) is 79.9 Å². The molecule has 0 aromatic carbocycles. The van der Waals surface area contributed by atoms with Crippen molar-refractivity contribution >= 4 is 58.0 Å². The number of rotatable bonds is 5. The van der Waals surface area contributed by atoms with Crippen LogP contribution in [0.5, 0.6) is 5.88 Å². The van der Waals surface area contributed by atoms with E-state index in [0.717, 1.165) is 31.3 Å². The van der Waals surface area contributed by atoms with Crippen LogP contribution in [0.25, 0.3) is 0 Å². The number of anilines is 1. The maximum atomic E-state index is 6.07. The largest absolute Gasteiger partial charge is 0.476 e. The number of halogens is 2. The third-order valence-electron chi connectivity index (χ3n) is 3.61. The summed E-state index contributed by atoms with van der Waals surface area (Å²) in [6.07, 6.45) is 3.38. The standard InChI is InChI=1S/C15H19ClN6OS.HI/c16-12-1-2-13(20-11-12)23-9-3-18-14(17)21-5-7-22(8-6-21)15-19-4-10-24-15;/h1-2,4,10-11H,3,5-9H2,(H2,17,18);1H. The second kappa shape index (κ2) is 9.97. The van der Waals surface area contributed by atoms with E-state index in [1.54, 1.807) is 29.7 Å². The van der Waals surface area contributed by atoms with Gasteiger partial charge in [-0.1, -0.05) is 11.6 Å². The summed E-state index contributed by atoms with van der Waals surface area (Å²) in [5, 5.41) is 3.64. The number of hydrogen-bond acceptors (Lipinski definition) is 6. The van der Waals surface area contributed by atoms with Crippen molar-refractivity contribution in [3.63, 3.8) is 0 Å². The van der Waals surface area contributed by atoms with Crippen molar-refractivity contribution in [2.75, 3.05) is 44.2 Å². The molecule has 1 aliphatic heterocycles. The molecule has 7 nitrogen and oxygen atoms in total. The van der Waals surface area contributed by atoms with Crippen molar-refractivity contribution in [3.05, 3.63) is 34.9 Å². The number of ether oxygens (including phenoxy) is 1. The van der Waals surface area contributed by atoms with E-state index in [-0.39, 0.29) is 24.0 Å². The minimum absolute atomic E-state index is 0. The van der Waals surface area contributed by atoms with Gasteiger partial charge in [-0.15, -0.1) is 35.3 Å². The second-order valence-electron chi connectivity index (χ2n) is 5.19. The van der Waals surface area contributed by atoms with E-state index in [1.807, 2.05) is 11.6 Å². The predicted molar refractivity (Wildman–Crippen MR) is 113 cm³/mol. The zero-order valence-corrected chi connectivity index (χ0v) is 17.4. The summed E-state index contributed by atoms with van der Waals surface area (Å²) >= 11 is 7.43. The minimum Gasteiger partial charge on any atom is -0.476 e. The Morgan fingerprint density at radius 3 is 2.72 bits per heavy atom. The smallest absolute Gasteiger partial charge is 0.213 e. The number of piperazine rings is 1. The molecular formula is C15H20ClIN6OS. The van der Waals surface area contributed by atoms with Crippen LogP contribution in [-0.4, -0.2) is 60.2 Å². The predicted octanol–water partition coefficient (Wildman–Crippen LogP) is 2.33. The summed E-state index contributed by atoms with van der Waals surface area (Å²) in [5.41, 5.74) is 6.07. The molecule has 1 saturated heterocycles. The number of hydrogen-bond donors (Lipinski definition) is 1. The third kappa shape index (κ3) is 5.86. The van der Waals surface area contributed by atoms with Gasteiger partial charge in [0.05, 0.1) is 11.6 Å². The number of guanidine groups is 1. The number of pyridine rings is 1. The summed E-state index contributed by atoms with van der Waals surface area (Å²) in [6, 6.07) is 3.47. The van der Waals surface area contributed by atoms with Gasteiger partial charge in [0, 0.05) is 50.0 Å². The first-order valence-corrected chi connectivity index (χ1v) is 8.92. The number of aliphatic imine (C=N–C) groups is 1. The first kappa shape index (κ1) is 20.0. The van der Waals surface area contributed by atoms with Crippen molar-refractivity contribution in [1.82, 2.24) is 14.9 Å². The molecule has 25 heavy (non-hydrogen) atoms. The van der Waals surface area contributed by atoms with E-state index in [4.69, 9.17) is 22.1 Å². The van der Waals surface area contributed by atoms with E-state index in [9.17, 15) is 0 Å². The lowest BCUT2D eigenvalue weighted by atomic mass is 10.3. The van der Waals surface area contributed by atoms with E-state index < -0.39 is 0 Å². The van der Waals surface area contributed by atoms with Gasteiger partial charge in [0.25, 0.3) is 0 Å². The lowest BCUT2D eigenvalue weighted by Crippen LogP contribution is -2.51. The van der Waals surface area contributed by atoms with Crippen LogP contribution in [0.3, 0.4) is 0 Å². The van der Waals surface area contributed by atoms with Crippen LogP contribution in [-0.2, 0) is 0 Å². The normalized spacial score (nSPS) is 15.0. The Morgan fingerprint density at radius 2 is 2.08 bits per heavy atom. The van der Waals surface area contributed by atoms with Gasteiger partial charge in [0.2, 0.25) is 5.88 Å². The quantitative estimate of drug-likeness (QED) is 0.297. The zero-order valence-electron chi connectivity index (χ0n) is 13.5. The summed E-state index contributed by atoms with van der Waals surface area (Å²) in [5.74, 6) is 1.09. The molecule has 0 radical (unpaired) electrons. The van der Waals surface area contributed by atoms with E-state index in [0.29, 0.717) is 30.0 Å². The summed E-state index contributed by atoms with van der Waals surface area (Å²) in [7, 11) is 0. The van der Waals surface area contributed by atoms with Crippen molar-refractivity contribution in [3.8, 4) is 5.88 Å². The van der Waals surface area contributed by atoms with Crippen LogP contribution in [0.1, 0.15) is 0 Å². The highest BCUT2D eigenvalue weighted by Crippen LogP contribution is 2.18. The molecule has 0 bridgehead atoms. The lowest BCUT2D eigenvalue weighted by Gasteiger charge is -2.35. The molecule has 2 aromatic rings. The molecular weight excluding hydrogens is 475 g/mol. The van der Waals surface area contributed by atoms with Gasteiger partial charge in [-0.05, 0) is 6.07 Å². The average molecular weight is 495 g/mol. The Hall–Kier alpha value is -1.33. The van der Waals surface area contributed by atoms with Crippen molar-refractivity contribution in [2.45, 2.75) is 0 Å². The molecule has 0 saturated carbocycles. The van der Waals surface area contributed by atoms with Gasteiger partial charge in [0.1, 0.15) is 6.61 Å². The van der Waals surface area contributed by atoms with E-state index >= 15 is 0 Å². The molecule has 136 valence electrons. The highest BCUT2D eigenvalue weighted by atomic mass is 127. The molecule has 1 fully saturated rings. The van der Waals surface area contributed by atoms with Gasteiger partial charge in [0.15, 0.2) is 11.1 Å². The van der Waals surface area contributed by atoms with Crippen LogP contribution in [0.2, 0.25) is 5.02 Å². The molecule has 0 atom stereocenters. The van der Waals surface area contributed by atoms with Gasteiger partial charge in [-0.25, -0.2) is 15.0 Å². The molecule has 3 rings (SSSR count). The Labute approximate surface area is 172 Å². The maximum Gasteiger partial charge on any atom is 0.213 e. The van der Waals surface area contributed by atoms with Crippen LogP contribution >= 0.6 is 46.9 Å². The van der Waals surface area contributed by atoms with Crippen molar-refractivity contribution < 1.29 is 4.74 Å². The lowest BCUT2D eigenvalue weighted by molar-refractivity contribution is 0.314. The maximum absolute atomic E-state index is 6.07. The van der Waals surface area contributed by atoms with Gasteiger partial charge >= 0.3 is 0 Å². The molecule has 0 aliphatic carbocycles. The first-order chi connectivity index (χ1) is 11.7.